The van der Waals surface area contributed by atoms with Crippen LogP contribution in [0, 0.1) is 17.2 Å². The van der Waals surface area contributed by atoms with Crippen LogP contribution in [0.4, 0.5) is 10.1 Å². The third-order valence-electron chi connectivity index (χ3n) is 4.65. The van der Waals surface area contributed by atoms with E-state index in [2.05, 4.69) is 37.9 Å². The van der Waals surface area contributed by atoms with Gasteiger partial charge in [0.2, 0.25) is 0 Å². The van der Waals surface area contributed by atoms with E-state index < -0.39 is 0 Å². The molecule has 1 aromatic rings. The van der Waals surface area contributed by atoms with Crippen molar-refractivity contribution in [2.24, 2.45) is 11.3 Å². The van der Waals surface area contributed by atoms with Crippen molar-refractivity contribution in [2.45, 2.75) is 47.1 Å². The lowest BCUT2D eigenvalue weighted by atomic mass is 9.75. The van der Waals surface area contributed by atoms with Crippen LogP contribution in [0.15, 0.2) is 18.2 Å². The minimum atomic E-state index is -0.0837. The fourth-order valence-electron chi connectivity index (χ4n) is 3.17. The van der Waals surface area contributed by atoms with Crippen LogP contribution in [0.3, 0.4) is 0 Å². The van der Waals surface area contributed by atoms with E-state index in [1.54, 1.807) is 6.07 Å². The molecule has 1 aromatic carbocycles. The fraction of sp³-hybridized carbons (Fsp3) is 0.667. The molecule has 2 rings (SSSR count). The predicted molar refractivity (Wildman–Crippen MR) is 88.2 cm³/mol. The zero-order valence-electron chi connectivity index (χ0n) is 13.9. The van der Waals surface area contributed by atoms with E-state index in [-0.39, 0.29) is 5.82 Å². The van der Waals surface area contributed by atoms with Crippen molar-refractivity contribution < 1.29 is 4.39 Å². The van der Waals surface area contributed by atoms with E-state index >= 15 is 0 Å². The van der Waals surface area contributed by atoms with Gasteiger partial charge in [-0.15, -0.1) is 0 Å². The number of anilines is 1. The molecule has 0 aliphatic carbocycles. The molecular weight excluding hydrogens is 263 g/mol. The average Bonchev–Trinajstić information content (AvgIpc) is 2.44. The second kappa shape index (κ2) is 6.78. The Kier molecular flexibility index (Phi) is 5.26. The third-order valence-corrected chi connectivity index (χ3v) is 4.65. The Hall–Kier alpha value is -1.09. The fourth-order valence-corrected chi connectivity index (χ4v) is 3.17. The second-order valence-electron chi connectivity index (χ2n) is 7.19. The van der Waals surface area contributed by atoms with Crippen molar-refractivity contribution >= 4 is 5.69 Å². The van der Waals surface area contributed by atoms with E-state index in [1.165, 1.54) is 0 Å². The van der Waals surface area contributed by atoms with Gasteiger partial charge in [0.15, 0.2) is 0 Å². The van der Waals surface area contributed by atoms with Gasteiger partial charge in [0.25, 0.3) is 0 Å². The van der Waals surface area contributed by atoms with E-state index in [9.17, 15) is 4.39 Å². The molecule has 1 heterocycles. The molecule has 1 N–H and O–H groups in total. The summed E-state index contributed by atoms with van der Waals surface area (Å²) in [6.07, 6.45) is 2.31. The highest BCUT2D eigenvalue weighted by molar-refractivity contribution is 5.49. The lowest BCUT2D eigenvalue weighted by Crippen LogP contribution is -2.38. The van der Waals surface area contributed by atoms with Crippen molar-refractivity contribution in [3.8, 4) is 0 Å². The van der Waals surface area contributed by atoms with Crippen LogP contribution in [-0.2, 0) is 6.54 Å². The van der Waals surface area contributed by atoms with Crippen molar-refractivity contribution in [1.29, 1.82) is 0 Å². The van der Waals surface area contributed by atoms with Crippen LogP contribution >= 0.6 is 0 Å². The molecular formula is C18H29FN2. The average molecular weight is 292 g/mol. The van der Waals surface area contributed by atoms with Crippen LogP contribution in [0.25, 0.3) is 0 Å². The number of nitrogens with zero attached hydrogens (tertiary/aromatic N) is 1. The maximum atomic E-state index is 14.3. The van der Waals surface area contributed by atoms with E-state index in [4.69, 9.17) is 0 Å². The highest BCUT2D eigenvalue weighted by Gasteiger charge is 2.29. The summed E-state index contributed by atoms with van der Waals surface area (Å²) >= 11 is 0. The largest absolute Gasteiger partial charge is 0.369 e. The number of nitrogens with one attached hydrogen (secondary N) is 1. The van der Waals surface area contributed by atoms with Gasteiger partial charge in [-0.05, 0) is 48.4 Å². The molecule has 0 bridgehead atoms. The summed E-state index contributed by atoms with van der Waals surface area (Å²) in [4.78, 5) is 2.20. The van der Waals surface area contributed by atoms with Crippen molar-refractivity contribution in [2.75, 3.05) is 24.5 Å². The van der Waals surface area contributed by atoms with Gasteiger partial charge in [0, 0.05) is 19.6 Å². The van der Waals surface area contributed by atoms with Crippen LogP contribution in [0.1, 0.15) is 46.1 Å². The van der Waals surface area contributed by atoms with Gasteiger partial charge in [-0.1, -0.05) is 33.8 Å². The number of hydrogen-bond acceptors (Lipinski definition) is 2. The third kappa shape index (κ3) is 4.19. The Labute approximate surface area is 128 Å². The predicted octanol–water partition coefficient (Wildman–Crippen LogP) is 4.20. The zero-order valence-corrected chi connectivity index (χ0v) is 13.9. The first-order valence-corrected chi connectivity index (χ1v) is 8.16. The molecule has 0 radical (unpaired) electrons. The monoisotopic (exact) mass is 292 g/mol. The highest BCUT2D eigenvalue weighted by Crippen LogP contribution is 2.36. The van der Waals surface area contributed by atoms with Gasteiger partial charge in [0.1, 0.15) is 5.82 Å². The number of benzene rings is 1. The molecule has 0 spiro atoms. The Morgan fingerprint density at radius 3 is 2.43 bits per heavy atom. The van der Waals surface area contributed by atoms with Gasteiger partial charge in [-0.3, -0.25) is 0 Å². The molecule has 1 saturated heterocycles. The molecule has 0 atom stereocenters. The van der Waals surface area contributed by atoms with Crippen LogP contribution < -0.4 is 10.2 Å². The maximum Gasteiger partial charge on any atom is 0.146 e. The minimum absolute atomic E-state index is 0.0837. The van der Waals surface area contributed by atoms with Crippen LogP contribution in [0.5, 0.6) is 0 Å². The SMILES string of the molecule is CCNCc1ccc(N2CCC(C(C)(C)C)CC2)c(F)c1. The summed E-state index contributed by atoms with van der Waals surface area (Å²) in [7, 11) is 0. The zero-order chi connectivity index (χ0) is 15.5. The standard InChI is InChI=1S/C18H29FN2/c1-5-20-13-14-6-7-17(16(19)12-14)21-10-8-15(9-11-21)18(2,3)4/h6-7,12,15,20H,5,8-11,13H2,1-4H3. The first kappa shape index (κ1) is 16.3. The molecule has 0 saturated carbocycles. The molecule has 1 aliphatic rings. The summed E-state index contributed by atoms with van der Waals surface area (Å²) in [6.45, 7) is 12.6. The van der Waals surface area contributed by atoms with Gasteiger partial charge < -0.3 is 10.2 Å². The van der Waals surface area contributed by atoms with E-state index in [0.29, 0.717) is 5.41 Å². The molecule has 21 heavy (non-hydrogen) atoms. The topological polar surface area (TPSA) is 15.3 Å². The molecule has 1 aliphatic heterocycles. The summed E-state index contributed by atoms with van der Waals surface area (Å²) in [6, 6.07) is 5.66. The van der Waals surface area contributed by atoms with Crippen LogP contribution in [-0.4, -0.2) is 19.6 Å². The first-order chi connectivity index (χ1) is 9.91. The second-order valence-corrected chi connectivity index (χ2v) is 7.19. The highest BCUT2D eigenvalue weighted by atomic mass is 19.1. The Morgan fingerprint density at radius 2 is 1.90 bits per heavy atom. The molecule has 0 aromatic heterocycles. The summed E-state index contributed by atoms with van der Waals surface area (Å²) in [5.74, 6) is 0.657. The van der Waals surface area contributed by atoms with Crippen molar-refractivity contribution in [1.82, 2.24) is 5.32 Å². The van der Waals surface area contributed by atoms with E-state index in [0.717, 1.165) is 56.2 Å². The van der Waals surface area contributed by atoms with E-state index in [1.807, 2.05) is 12.1 Å². The first-order valence-electron chi connectivity index (χ1n) is 8.16. The quantitative estimate of drug-likeness (QED) is 0.895. The maximum absolute atomic E-state index is 14.3. The Balaban J connectivity index is 2.00. The van der Waals surface area contributed by atoms with Crippen LogP contribution in [0.2, 0.25) is 0 Å². The van der Waals surface area contributed by atoms with Gasteiger partial charge in [-0.25, -0.2) is 4.39 Å². The molecule has 0 unspecified atom stereocenters. The number of hydrogen-bond donors (Lipinski definition) is 1. The van der Waals surface area contributed by atoms with Gasteiger partial charge >= 0.3 is 0 Å². The molecule has 3 heteroatoms. The lowest BCUT2D eigenvalue weighted by Gasteiger charge is -2.39. The molecule has 1 fully saturated rings. The van der Waals surface area contributed by atoms with Crippen molar-refractivity contribution in [3.63, 3.8) is 0 Å². The normalized spacial score (nSPS) is 17.3. The summed E-state index contributed by atoms with van der Waals surface area (Å²) in [5.41, 5.74) is 2.14. The molecule has 2 nitrogen and oxygen atoms in total. The van der Waals surface area contributed by atoms with Crippen molar-refractivity contribution in [3.05, 3.63) is 29.6 Å². The number of piperidine rings is 1. The number of halogens is 1. The molecule has 118 valence electrons. The van der Waals surface area contributed by atoms with Gasteiger partial charge in [-0.2, -0.15) is 0 Å². The summed E-state index contributed by atoms with van der Waals surface area (Å²) < 4.78 is 14.3. The molecule has 0 amide bonds. The summed E-state index contributed by atoms with van der Waals surface area (Å²) in [5, 5.41) is 3.23. The minimum Gasteiger partial charge on any atom is -0.369 e. The smallest absolute Gasteiger partial charge is 0.146 e. The van der Waals surface area contributed by atoms with Gasteiger partial charge in [0.05, 0.1) is 5.69 Å². The number of rotatable bonds is 4. The lowest BCUT2D eigenvalue weighted by molar-refractivity contribution is 0.198. The Bertz CT molecular complexity index is 457. The Morgan fingerprint density at radius 1 is 1.24 bits per heavy atom.